The van der Waals surface area contributed by atoms with Gasteiger partial charge >= 0.3 is 0 Å². The Labute approximate surface area is 125 Å². The zero-order valence-electron chi connectivity index (χ0n) is 12.4. The maximum absolute atomic E-state index is 9.17. The highest BCUT2D eigenvalue weighted by Gasteiger charge is 2.13. The molecule has 2 rings (SSSR count). The molecule has 0 saturated carbocycles. The first kappa shape index (κ1) is 15.4. The smallest absolute Gasteiger partial charge is 0.169 e. The molecule has 21 heavy (non-hydrogen) atoms. The molecule has 0 unspecified atom stereocenters. The largest absolute Gasteiger partial charge is 0.493 e. The highest BCUT2D eigenvalue weighted by Crippen LogP contribution is 2.35. The van der Waals surface area contributed by atoms with Crippen LogP contribution in [0.15, 0.2) is 42.5 Å². The number of rotatable bonds is 6. The van der Waals surface area contributed by atoms with E-state index in [1.807, 2.05) is 31.2 Å². The summed E-state index contributed by atoms with van der Waals surface area (Å²) < 4.78 is 11.3. The molecule has 0 aliphatic carbocycles. The molecule has 0 spiro atoms. The van der Waals surface area contributed by atoms with E-state index in [0.29, 0.717) is 11.5 Å². The molecule has 2 aromatic rings. The Morgan fingerprint density at radius 3 is 2.52 bits per heavy atom. The summed E-state index contributed by atoms with van der Waals surface area (Å²) in [5.74, 6) is 1.91. The summed E-state index contributed by atoms with van der Waals surface area (Å²) in [6.07, 6.45) is 0.834. The van der Waals surface area contributed by atoms with Crippen molar-refractivity contribution in [3.05, 3.63) is 53.6 Å². The molecule has 112 valence electrons. The summed E-state index contributed by atoms with van der Waals surface area (Å²) in [7, 11) is 1.58. The first-order valence-corrected chi connectivity index (χ1v) is 6.99. The van der Waals surface area contributed by atoms with E-state index in [0.717, 1.165) is 23.3 Å². The lowest BCUT2D eigenvalue weighted by Crippen LogP contribution is -2.09. The van der Waals surface area contributed by atoms with Crippen molar-refractivity contribution in [2.24, 2.45) is 5.73 Å². The molecule has 0 bridgehead atoms. The quantitative estimate of drug-likeness (QED) is 0.854. The van der Waals surface area contributed by atoms with Crippen LogP contribution < -0.4 is 15.2 Å². The van der Waals surface area contributed by atoms with Gasteiger partial charge in [0.15, 0.2) is 11.5 Å². The first-order valence-electron chi connectivity index (χ1n) is 6.99. The number of hydrogen-bond acceptors (Lipinski definition) is 4. The molecule has 0 aromatic heterocycles. The van der Waals surface area contributed by atoms with Gasteiger partial charge in [-0.3, -0.25) is 0 Å². The molecular formula is C17H21NO3. The topological polar surface area (TPSA) is 64.7 Å². The second-order valence-corrected chi connectivity index (χ2v) is 4.80. The minimum Gasteiger partial charge on any atom is -0.493 e. The van der Waals surface area contributed by atoms with E-state index in [9.17, 15) is 5.11 Å². The van der Waals surface area contributed by atoms with Crippen LogP contribution in [0.1, 0.15) is 30.5 Å². The van der Waals surface area contributed by atoms with Crippen LogP contribution in [0.25, 0.3) is 0 Å². The Bertz CT molecular complexity index is 598. The van der Waals surface area contributed by atoms with Crippen molar-refractivity contribution in [3.8, 4) is 17.2 Å². The summed E-state index contributed by atoms with van der Waals surface area (Å²) in [5.41, 5.74) is 7.86. The fourth-order valence-corrected chi connectivity index (χ4v) is 2.11. The normalized spacial score (nSPS) is 12.0. The van der Waals surface area contributed by atoms with Gasteiger partial charge < -0.3 is 20.3 Å². The van der Waals surface area contributed by atoms with Gasteiger partial charge in [0, 0.05) is 11.6 Å². The van der Waals surface area contributed by atoms with Crippen molar-refractivity contribution in [2.45, 2.75) is 26.0 Å². The molecule has 2 aromatic carbocycles. The fourth-order valence-electron chi connectivity index (χ4n) is 2.11. The zero-order valence-corrected chi connectivity index (χ0v) is 12.4. The lowest BCUT2D eigenvalue weighted by Gasteiger charge is -2.17. The first-order chi connectivity index (χ1) is 10.2. The van der Waals surface area contributed by atoms with Gasteiger partial charge in [-0.25, -0.2) is 0 Å². The summed E-state index contributed by atoms with van der Waals surface area (Å²) in [5, 5.41) is 9.17. The van der Waals surface area contributed by atoms with Gasteiger partial charge in [-0.15, -0.1) is 0 Å². The second kappa shape index (κ2) is 7.11. The monoisotopic (exact) mass is 287 g/mol. The van der Waals surface area contributed by atoms with Crippen LogP contribution in [0.4, 0.5) is 0 Å². The Hall–Kier alpha value is -2.04. The van der Waals surface area contributed by atoms with E-state index in [-0.39, 0.29) is 12.6 Å². The van der Waals surface area contributed by atoms with Crippen molar-refractivity contribution in [1.82, 2.24) is 0 Å². The van der Waals surface area contributed by atoms with Gasteiger partial charge in [-0.05, 0) is 30.2 Å². The summed E-state index contributed by atoms with van der Waals surface area (Å²) in [6.45, 7) is 2.01. The van der Waals surface area contributed by atoms with Crippen molar-refractivity contribution in [1.29, 1.82) is 0 Å². The molecular weight excluding hydrogens is 266 g/mol. The molecule has 4 nitrogen and oxygen atoms in total. The molecule has 4 heteroatoms. The van der Waals surface area contributed by atoms with Crippen molar-refractivity contribution in [3.63, 3.8) is 0 Å². The Balaban J connectivity index is 2.34. The lowest BCUT2D eigenvalue weighted by molar-refractivity contribution is 0.280. The second-order valence-electron chi connectivity index (χ2n) is 4.80. The van der Waals surface area contributed by atoms with Gasteiger partial charge in [-0.2, -0.15) is 0 Å². The average Bonchev–Trinajstić information content (AvgIpc) is 2.55. The number of aliphatic hydroxyl groups is 1. The maximum Gasteiger partial charge on any atom is 0.169 e. The third kappa shape index (κ3) is 3.54. The van der Waals surface area contributed by atoms with Crippen LogP contribution in [0.5, 0.6) is 17.2 Å². The van der Waals surface area contributed by atoms with Crippen LogP contribution in [-0.4, -0.2) is 12.2 Å². The van der Waals surface area contributed by atoms with Crippen molar-refractivity contribution in [2.75, 3.05) is 7.11 Å². The minimum atomic E-state index is -0.0658. The number of nitrogens with two attached hydrogens (primary N) is 1. The maximum atomic E-state index is 9.17. The third-order valence-electron chi connectivity index (χ3n) is 3.39. The van der Waals surface area contributed by atoms with Crippen LogP contribution >= 0.6 is 0 Å². The van der Waals surface area contributed by atoms with Crippen molar-refractivity contribution < 1.29 is 14.6 Å². The Morgan fingerprint density at radius 1 is 1.10 bits per heavy atom. The van der Waals surface area contributed by atoms with Crippen LogP contribution in [0.3, 0.4) is 0 Å². The summed E-state index contributed by atoms with van der Waals surface area (Å²) in [6, 6.07) is 13.0. The van der Waals surface area contributed by atoms with Gasteiger partial charge in [0.25, 0.3) is 0 Å². The number of aliphatic hydroxyl groups excluding tert-OH is 1. The molecule has 1 atom stereocenters. The van der Waals surface area contributed by atoms with E-state index in [4.69, 9.17) is 15.2 Å². The summed E-state index contributed by atoms with van der Waals surface area (Å²) in [4.78, 5) is 0. The molecule has 0 aliphatic heterocycles. The Kier molecular flexibility index (Phi) is 5.20. The molecule has 0 radical (unpaired) electrons. The number of hydrogen-bond donors (Lipinski definition) is 2. The third-order valence-corrected chi connectivity index (χ3v) is 3.39. The SMILES string of the molecule is CC[C@H](N)c1ccccc1Oc1ccc(CO)cc1OC. The number of benzene rings is 2. The van der Waals surface area contributed by atoms with E-state index in [1.54, 1.807) is 25.3 Å². The van der Waals surface area contributed by atoms with Gasteiger partial charge in [-0.1, -0.05) is 31.2 Å². The highest BCUT2D eigenvalue weighted by atomic mass is 16.5. The van der Waals surface area contributed by atoms with E-state index >= 15 is 0 Å². The number of methoxy groups -OCH3 is 1. The number of ether oxygens (including phenoxy) is 2. The molecule has 0 saturated heterocycles. The summed E-state index contributed by atoms with van der Waals surface area (Å²) >= 11 is 0. The highest BCUT2D eigenvalue weighted by molar-refractivity contribution is 5.47. The minimum absolute atomic E-state index is 0.0338. The van der Waals surface area contributed by atoms with Crippen molar-refractivity contribution >= 4 is 0 Å². The molecule has 3 N–H and O–H groups in total. The van der Waals surface area contributed by atoms with Crippen LogP contribution in [0, 0.1) is 0 Å². The predicted octanol–water partition coefficient (Wildman–Crippen LogP) is 3.39. The molecule has 0 aliphatic rings. The van der Waals surface area contributed by atoms with E-state index < -0.39 is 0 Å². The Morgan fingerprint density at radius 2 is 1.86 bits per heavy atom. The molecule has 0 heterocycles. The van der Waals surface area contributed by atoms with Gasteiger partial charge in [0.2, 0.25) is 0 Å². The predicted molar refractivity (Wildman–Crippen MR) is 82.7 cm³/mol. The average molecular weight is 287 g/mol. The van der Waals surface area contributed by atoms with Gasteiger partial charge in [0.05, 0.1) is 13.7 Å². The fraction of sp³-hybridized carbons (Fsp3) is 0.294. The zero-order chi connectivity index (χ0) is 15.2. The van der Waals surface area contributed by atoms with Crippen LogP contribution in [-0.2, 0) is 6.61 Å². The van der Waals surface area contributed by atoms with E-state index in [1.165, 1.54) is 0 Å². The molecule has 0 amide bonds. The lowest BCUT2D eigenvalue weighted by atomic mass is 10.0. The standard InChI is InChI=1S/C17H21NO3/c1-3-14(18)13-6-4-5-7-15(13)21-16-9-8-12(11-19)10-17(16)20-2/h4-10,14,19H,3,11,18H2,1-2H3/t14-/m0/s1. The molecule has 0 fully saturated rings. The van der Waals surface area contributed by atoms with Gasteiger partial charge in [0.1, 0.15) is 5.75 Å². The number of para-hydroxylation sites is 1. The van der Waals surface area contributed by atoms with Crippen LogP contribution in [0.2, 0.25) is 0 Å². The van der Waals surface area contributed by atoms with E-state index in [2.05, 4.69) is 0 Å².